The molecule has 6 heterocycles. The minimum absolute atomic E-state index is 0.0162. The number of benzene rings is 4. The van der Waals surface area contributed by atoms with Crippen molar-refractivity contribution in [3.8, 4) is 16.9 Å². The predicted octanol–water partition coefficient (Wildman–Crippen LogP) is 10.3. The van der Waals surface area contributed by atoms with Crippen molar-refractivity contribution >= 4 is 67.1 Å². The second kappa shape index (κ2) is 20.9. The number of hydrogen-bond acceptors (Lipinski definition) is 11. The van der Waals surface area contributed by atoms with E-state index in [4.69, 9.17) is 14.8 Å². The number of carbonyl (C=O) groups is 4. The predicted molar refractivity (Wildman–Crippen MR) is 284 cm³/mol. The third kappa shape index (κ3) is 10.2. The molecule has 11 rings (SSSR count). The largest absolute Gasteiger partial charge is 0.490 e. The number of aromatic nitrogens is 4. The Morgan fingerprint density at radius 1 is 0.849 bits per heavy atom. The van der Waals surface area contributed by atoms with Crippen LogP contribution in [0.4, 0.5) is 10.9 Å². The normalized spacial score (nSPS) is 20.3. The van der Waals surface area contributed by atoms with E-state index in [2.05, 4.69) is 49.7 Å². The van der Waals surface area contributed by atoms with Gasteiger partial charge in [-0.05, 0) is 154 Å². The molecular weight excluding hydrogens is 937 g/mol. The van der Waals surface area contributed by atoms with Crippen molar-refractivity contribution in [3.63, 3.8) is 0 Å². The summed E-state index contributed by atoms with van der Waals surface area (Å²) in [4.78, 5) is 65.1. The Morgan fingerprint density at radius 2 is 1.68 bits per heavy atom. The highest BCUT2D eigenvalue weighted by Gasteiger charge is 2.33. The highest BCUT2D eigenvalue weighted by molar-refractivity contribution is 7.22. The number of aromatic carboxylic acids is 1. The lowest BCUT2D eigenvalue weighted by molar-refractivity contribution is -0.134. The SMILES string of the molecule is Cc1c(OC2CCC(CCCCN3CCC(Cc4cccc5c(C6CCC(=O)NC6=O)nn(C)c45)C3)CC2)cccc1-c1ccc(N2CCc3cccc(C(=O)Nc4nc5ccccc5s4)c3C2)nc1C(=O)O. The standard InChI is InChI=1S/C58H62N8O6S/c1-35-41(42-23-25-50(60-53(42)57(70)71)66-31-28-38-11-7-14-43(46(38)34-66)55(68)62-58-59-47-16-3-4-18-49(47)73-58)13-9-17-48(35)72-40-21-19-36(20-22-40)10-5-6-29-65-30-27-37(33-65)32-39-12-8-15-44-52(63-64(2)54(39)44)45-24-26-51(67)61-56(45)69/h3-4,7-9,11-18,23,25,36-37,40,45H,5-6,10,19-22,24,26-34H2,1-2H3,(H,70,71)(H,59,62,68)(H,61,67,69). The first-order valence-corrected chi connectivity index (χ1v) is 26.9. The number of carboxylic acid groups (broad SMARTS) is 1. The molecule has 0 spiro atoms. The number of hydrogen-bond donors (Lipinski definition) is 3. The summed E-state index contributed by atoms with van der Waals surface area (Å²) in [7, 11) is 1.96. The van der Waals surface area contributed by atoms with Crippen LogP contribution in [0.15, 0.2) is 91.0 Å². The van der Waals surface area contributed by atoms with Crippen molar-refractivity contribution in [2.75, 3.05) is 36.4 Å². The lowest BCUT2D eigenvalue weighted by atomic mass is 9.84. The maximum Gasteiger partial charge on any atom is 0.355 e. The molecule has 0 radical (unpaired) electrons. The van der Waals surface area contributed by atoms with Crippen LogP contribution in [0.1, 0.15) is 119 Å². The monoisotopic (exact) mass is 998 g/mol. The van der Waals surface area contributed by atoms with Crippen LogP contribution in [0.25, 0.3) is 32.2 Å². The number of nitrogens with zero attached hydrogens (tertiary/aromatic N) is 6. The van der Waals surface area contributed by atoms with Gasteiger partial charge in [-0.15, -0.1) is 0 Å². The number of unbranched alkanes of at least 4 members (excludes halogenated alkanes) is 1. The van der Waals surface area contributed by atoms with Crippen LogP contribution in [0, 0.1) is 18.8 Å². The van der Waals surface area contributed by atoms with E-state index < -0.39 is 11.9 Å². The summed E-state index contributed by atoms with van der Waals surface area (Å²) in [6.07, 6.45) is 11.8. The van der Waals surface area contributed by atoms with Gasteiger partial charge < -0.3 is 19.6 Å². The van der Waals surface area contributed by atoms with Crippen molar-refractivity contribution in [1.82, 2.24) is 30.0 Å². The highest BCUT2D eigenvalue weighted by Crippen LogP contribution is 2.38. The summed E-state index contributed by atoms with van der Waals surface area (Å²) in [6.45, 7) is 6.41. The van der Waals surface area contributed by atoms with Crippen molar-refractivity contribution in [1.29, 1.82) is 0 Å². The minimum Gasteiger partial charge on any atom is -0.490 e. The fraction of sp³-hybridized carbons (Fsp3) is 0.397. The summed E-state index contributed by atoms with van der Waals surface area (Å²) >= 11 is 1.44. The number of likely N-dealkylation sites (tertiary alicyclic amines) is 1. The number of nitrogens with one attached hydrogen (secondary N) is 2. The van der Waals surface area contributed by atoms with E-state index in [0.29, 0.717) is 66.3 Å². The molecule has 376 valence electrons. The highest BCUT2D eigenvalue weighted by atomic mass is 32.1. The van der Waals surface area contributed by atoms with Gasteiger partial charge in [-0.1, -0.05) is 78.8 Å². The van der Waals surface area contributed by atoms with E-state index in [1.54, 1.807) is 0 Å². The molecule has 15 heteroatoms. The third-order valence-corrected chi connectivity index (χ3v) is 16.8. The van der Waals surface area contributed by atoms with Gasteiger partial charge in [0.05, 0.1) is 33.4 Å². The molecule has 1 aliphatic carbocycles. The Kier molecular flexibility index (Phi) is 13.8. The molecule has 7 aromatic rings. The second-order valence-electron chi connectivity index (χ2n) is 20.6. The van der Waals surface area contributed by atoms with Gasteiger partial charge in [-0.2, -0.15) is 5.10 Å². The Bertz CT molecular complexity index is 3220. The fourth-order valence-electron chi connectivity index (χ4n) is 12.0. The zero-order valence-corrected chi connectivity index (χ0v) is 42.4. The molecule has 3 amide bonds. The van der Waals surface area contributed by atoms with Crippen molar-refractivity contribution in [3.05, 3.63) is 130 Å². The van der Waals surface area contributed by atoms with Crippen molar-refractivity contribution in [2.45, 2.75) is 103 Å². The zero-order valence-electron chi connectivity index (χ0n) is 41.6. The first-order valence-electron chi connectivity index (χ1n) is 26.1. The first-order chi connectivity index (χ1) is 35.5. The Morgan fingerprint density at radius 3 is 2.52 bits per heavy atom. The van der Waals surface area contributed by atoms with E-state index in [9.17, 15) is 24.3 Å². The number of fused-ring (bicyclic) bond motifs is 3. The van der Waals surface area contributed by atoms with Gasteiger partial charge >= 0.3 is 5.97 Å². The summed E-state index contributed by atoms with van der Waals surface area (Å²) in [6, 6.07) is 29.6. The number of imide groups is 1. The van der Waals surface area contributed by atoms with Gasteiger partial charge in [0.25, 0.3) is 5.91 Å². The average Bonchev–Trinajstić information content (AvgIpc) is 4.12. The Labute approximate surface area is 429 Å². The number of rotatable bonds is 15. The molecule has 2 unspecified atom stereocenters. The molecule has 3 aromatic heterocycles. The van der Waals surface area contributed by atoms with Gasteiger partial charge in [0.1, 0.15) is 11.6 Å². The zero-order chi connectivity index (χ0) is 50.2. The molecule has 4 aromatic carbocycles. The lowest BCUT2D eigenvalue weighted by Crippen LogP contribution is -2.39. The molecule has 1 saturated carbocycles. The quantitative estimate of drug-likeness (QED) is 0.0659. The molecule has 3 fully saturated rings. The number of carbonyl (C=O) groups excluding carboxylic acids is 3. The molecule has 4 aliphatic rings. The van der Waals surface area contributed by atoms with E-state index in [0.717, 1.165) is 107 Å². The summed E-state index contributed by atoms with van der Waals surface area (Å²) in [5, 5.41) is 22.4. The van der Waals surface area contributed by atoms with E-state index in [-0.39, 0.29) is 29.5 Å². The number of amides is 3. The number of anilines is 2. The Balaban J connectivity index is 0.656. The maximum absolute atomic E-state index is 13.7. The van der Waals surface area contributed by atoms with Gasteiger partial charge in [0.15, 0.2) is 10.8 Å². The van der Waals surface area contributed by atoms with Crippen LogP contribution in [0.2, 0.25) is 0 Å². The number of ether oxygens (including phenoxy) is 1. The molecule has 3 N–H and O–H groups in total. The van der Waals surface area contributed by atoms with E-state index >= 15 is 0 Å². The topological polar surface area (TPSA) is 172 Å². The van der Waals surface area contributed by atoms with Crippen LogP contribution in [-0.2, 0) is 36.0 Å². The van der Waals surface area contributed by atoms with Crippen molar-refractivity contribution < 1.29 is 29.0 Å². The van der Waals surface area contributed by atoms with E-state index in [1.807, 2.05) is 85.4 Å². The van der Waals surface area contributed by atoms with Gasteiger partial charge in [-0.3, -0.25) is 29.7 Å². The smallest absolute Gasteiger partial charge is 0.355 e. The fourth-order valence-corrected chi connectivity index (χ4v) is 12.9. The van der Waals surface area contributed by atoms with E-state index in [1.165, 1.54) is 42.6 Å². The summed E-state index contributed by atoms with van der Waals surface area (Å²) in [5.74, 6) is 0.438. The molecule has 14 nitrogen and oxygen atoms in total. The molecule has 2 atom stereocenters. The van der Waals surface area contributed by atoms with Crippen LogP contribution in [0.5, 0.6) is 5.75 Å². The summed E-state index contributed by atoms with van der Waals surface area (Å²) < 4.78 is 9.62. The summed E-state index contributed by atoms with van der Waals surface area (Å²) in [5.41, 5.74) is 8.76. The molecule has 3 aliphatic heterocycles. The number of pyridine rings is 1. The number of aryl methyl sites for hydroxylation is 1. The Hall–Kier alpha value is -6.97. The molecule has 0 bridgehead atoms. The molecular formula is C58H62N8O6S. The van der Waals surface area contributed by atoms with Crippen molar-refractivity contribution in [2.24, 2.45) is 18.9 Å². The van der Waals surface area contributed by atoms with Crippen LogP contribution in [-0.4, -0.2) is 85.7 Å². The average molecular weight is 999 g/mol. The maximum atomic E-state index is 13.7. The lowest BCUT2D eigenvalue weighted by Gasteiger charge is -2.31. The minimum atomic E-state index is -1.10. The first kappa shape index (κ1) is 48.3. The van der Waals surface area contributed by atoms with Crippen LogP contribution >= 0.6 is 11.3 Å². The second-order valence-corrected chi connectivity index (χ2v) is 21.6. The van der Waals surface area contributed by atoms with Gasteiger partial charge in [0, 0.05) is 49.6 Å². The van der Waals surface area contributed by atoms with Crippen LogP contribution < -0.4 is 20.3 Å². The van der Waals surface area contributed by atoms with Gasteiger partial charge in [-0.25, -0.2) is 14.8 Å². The number of carboxylic acids is 1. The third-order valence-electron chi connectivity index (χ3n) is 15.9. The van der Waals surface area contributed by atoms with Crippen LogP contribution in [0.3, 0.4) is 0 Å². The molecule has 73 heavy (non-hydrogen) atoms. The number of thiazole rings is 1. The molecule has 2 saturated heterocycles. The number of para-hydroxylation sites is 2. The number of piperidine rings is 1. The van der Waals surface area contributed by atoms with Gasteiger partial charge in [0.2, 0.25) is 11.8 Å².